The third-order valence-corrected chi connectivity index (χ3v) is 1.53. The predicted molar refractivity (Wildman–Crippen MR) is 40.6 cm³/mol. The van der Waals surface area contributed by atoms with Crippen LogP contribution in [-0.2, 0) is 11.8 Å². The molecule has 0 aliphatic rings. The second-order valence-corrected chi connectivity index (χ2v) is 2.45. The quantitative estimate of drug-likeness (QED) is 0.378. The minimum Gasteiger partial charge on any atom is -0.348 e. The van der Waals surface area contributed by atoms with Gasteiger partial charge in [-0.15, -0.1) is 0 Å². The number of halogens is 1. The van der Waals surface area contributed by atoms with Crippen molar-refractivity contribution in [3.63, 3.8) is 0 Å². The summed E-state index contributed by atoms with van der Waals surface area (Å²) in [5.74, 6) is -0.667. The lowest BCUT2D eigenvalue weighted by atomic mass is 10.3. The number of aromatic nitrogens is 1. The Bertz CT molecular complexity index is 303. The molecule has 0 N–H and O–H groups in total. The van der Waals surface area contributed by atoms with Gasteiger partial charge in [-0.25, -0.2) is 0 Å². The molecule has 58 valence electrons. The first-order valence-electron chi connectivity index (χ1n) is 2.98. The van der Waals surface area contributed by atoms with Crippen LogP contribution < -0.4 is 0 Å². The molecule has 0 saturated carbocycles. The molecule has 0 bridgehead atoms. The van der Waals surface area contributed by atoms with Gasteiger partial charge in [-0.3, -0.25) is 9.59 Å². The third-order valence-electron chi connectivity index (χ3n) is 1.35. The lowest BCUT2D eigenvalue weighted by Crippen LogP contribution is -2.11. The molecule has 1 rings (SSSR count). The van der Waals surface area contributed by atoms with E-state index in [2.05, 4.69) is 0 Å². The summed E-state index contributed by atoms with van der Waals surface area (Å²) in [4.78, 5) is 21.3. The van der Waals surface area contributed by atoms with Crippen molar-refractivity contribution in [1.29, 1.82) is 0 Å². The number of carbonyl (C=O) groups excluding carboxylic acids is 2. The zero-order valence-corrected chi connectivity index (χ0v) is 6.63. The van der Waals surface area contributed by atoms with Crippen LogP contribution in [0.5, 0.6) is 0 Å². The molecule has 0 amide bonds. The molecule has 1 aromatic heterocycles. The first-order valence-corrected chi connectivity index (χ1v) is 3.36. The van der Waals surface area contributed by atoms with Gasteiger partial charge < -0.3 is 4.57 Å². The van der Waals surface area contributed by atoms with E-state index in [1.807, 2.05) is 0 Å². The van der Waals surface area contributed by atoms with Gasteiger partial charge in [0.05, 0.1) is 5.69 Å². The van der Waals surface area contributed by atoms with Gasteiger partial charge in [-0.1, -0.05) is 0 Å². The number of carbonyl (C=O) groups is 2. The van der Waals surface area contributed by atoms with Crippen LogP contribution in [0.4, 0.5) is 0 Å². The van der Waals surface area contributed by atoms with Crippen molar-refractivity contribution in [3.8, 4) is 0 Å². The molecule has 0 aliphatic heterocycles. The van der Waals surface area contributed by atoms with Gasteiger partial charge in [-0.05, 0) is 23.7 Å². The number of Topliss-reactive ketones (excluding diaryl/α,β-unsaturated/α-hetero) is 1. The van der Waals surface area contributed by atoms with Crippen LogP contribution in [0.2, 0.25) is 0 Å². The molecule has 0 saturated heterocycles. The summed E-state index contributed by atoms with van der Waals surface area (Å²) in [6.45, 7) is 0. The van der Waals surface area contributed by atoms with Crippen molar-refractivity contribution in [2.45, 2.75) is 0 Å². The number of rotatable bonds is 2. The van der Waals surface area contributed by atoms with E-state index in [4.69, 9.17) is 11.6 Å². The van der Waals surface area contributed by atoms with E-state index in [1.54, 1.807) is 29.9 Å². The first kappa shape index (κ1) is 8.01. The van der Waals surface area contributed by atoms with Crippen molar-refractivity contribution in [3.05, 3.63) is 24.0 Å². The molecule has 0 atom stereocenters. The minimum atomic E-state index is -0.952. The van der Waals surface area contributed by atoms with E-state index in [-0.39, 0.29) is 0 Å². The molecule has 3 nitrogen and oxygen atoms in total. The normalized spacial score (nSPS) is 9.64. The highest BCUT2D eigenvalue weighted by Crippen LogP contribution is 2.02. The fourth-order valence-electron chi connectivity index (χ4n) is 0.798. The smallest absolute Gasteiger partial charge is 0.294 e. The van der Waals surface area contributed by atoms with Gasteiger partial charge >= 0.3 is 0 Å². The van der Waals surface area contributed by atoms with Crippen molar-refractivity contribution in [2.24, 2.45) is 7.05 Å². The van der Waals surface area contributed by atoms with Crippen LogP contribution in [0, 0.1) is 0 Å². The van der Waals surface area contributed by atoms with Gasteiger partial charge in [0.15, 0.2) is 0 Å². The monoisotopic (exact) mass is 171 g/mol. The topological polar surface area (TPSA) is 39.1 Å². The standard InChI is InChI=1S/C7H6ClNO2/c1-9-4-2-3-5(9)6(10)7(8)11/h2-4H,1H3. The Morgan fingerprint density at radius 1 is 1.55 bits per heavy atom. The van der Waals surface area contributed by atoms with E-state index in [0.717, 1.165) is 0 Å². The van der Waals surface area contributed by atoms with Gasteiger partial charge in [0, 0.05) is 13.2 Å². The van der Waals surface area contributed by atoms with E-state index >= 15 is 0 Å². The van der Waals surface area contributed by atoms with Gasteiger partial charge in [0.2, 0.25) is 0 Å². The molecule has 11 heavy (non-hydrogen) atoms. The lowest BCUT2D eigenvalue weighted by molar-refractivity contribution is -0.108. The zero-order chi connectivity index (χ0) is 8.43. The molecule has 0 fully saturated rings. The second kappa shape index (κ2) is 2.88. The van der Waals surface area contributed by atoms with Crippen molar-refractivity contribution >= 4 is 22.6 Å². The highest BCUT2D eigenvalue weighted by molar-refractivity contribution is 6.83. The van der Waals surface area contributed by atoms with E-state index in [9.17, 15) is 9.59 Å². The van der Waals surface area contributed by atoms with Gasteiger partial charge in [0.25, 0.3) is 11.0 Å². The Balaban J connectivity index is 3.02. The van der Waals surface area contributed by atoms with Crippen LogP contribution in [0.15, 0.2) is 18.3 Å². The number of ketones is 1. The molecular formula is C7H6ClNO2. The van der Waals surface area contributed by atoms with Crippen LogP contribution in [0.25, 0.3) is 0 Å². The van der Waals surface area contributed by atoms with Crippen molar-refractivity contribution in [2.75, 3.05) is 0 Å². The van der Waals surface area contributed by atoms with Crippen molar-refractivity contribution in [1.82, 2.24) is 4.57 Å². The summed E-state index contributed by atoms with van der Waals surface area (Å²) in [6, 6.07) is 3.22. The van der Waals surface area contributed by atoms with E-state index in [0.29, 0.717) is 5.69 Å². The number of aryl methyl sites for hydroxylation is 1. The summed E-state index contributed by atoms with van der Waals surface area (Å²) in [5, 5.41) is -0.952. The minimum absolute atomic E-state index is 0.310. The average Bonchev–Trinajstić information content (AvgIpc) is 2.33. The SMILES string of the molecule is Cn1cccc1C(=O)C(=O)Cl. The summed E-state index contributed by atoms with van der Waals surface area (Å²) in [6.07, 6.45) is 1.67. The summed E-state index contributed by atoms with van der Waals surface area (Å²) >= 11 is 4.99. The Hall–Kier alpha value is -1.09. The fraction of sp³-hybridized carbons (Fsp3) is 0.143. The van der Waals surface area contributed by atoms with Gasteiger partial charge in [0.1, 0.15) is 0 Å². The molecule has 0 aliphatic carbocycles. The molecule has 1 heterocycles. The molecule has 1 aromatic rings. The predicted octanol–water partition coefficient (Wildman–Crippen LogP) is 0.973. The number of hydrogen-bond acceptors (Lipinski definition) is 2. The Morgan fingerprint density at radius 3 is 2.55 bits per heavy atom. The molecule has 0 spiro atoms. The largest absolute Gasteiger partial charge is 0.348 e. The van der Waals surface area contributed by atoms with Crippen LogP contribution in [0.3, 0.4) is 0 Å². The first-order chi connectivity index (χ1) is 5.13. The van der Waals surface area contributed by atoms with Crippen LogP contribution >= 0.6 is 11.6 Å². The highest BCUT2D eigenvalue weighted by atomic mass is 35.5. The highest BCUT2D eigenvalue weighted by Gasteiger charge is 2.15. The second-order valence-electron chi connectivity index (χ2n) is 2.11. The van der Waals surface area contributed by atoms with Crippen LogP contribution in [0.1, 0.15) is 10.5 Å². The average molecular weight is 172 g/mol. The Kier molecular flexibility index (Phi) is 2.10. The zero-order valence-electron chi connectivity index (χ0n) is 5.87. The van der Waals surface area contributed by atoms with Crippen molar-refractivity contribution < 1.29 is 9.59 Å². The molecule has 0 unspecified atom stereocenters. The maximum absolute atomic E-state index is 10.9. The lowest BCUT2D eigenvalue weighted by Gasteiger charge is -1.95. The maximum atomic E-state index is 10.9. The molecule has 0 aromatic carbocycles. The van der Waals surface area contributed by atoms with Crippen LogP contribution in [-0.4, -0.2) is 15.6 Å². The maximum Gasteiger partial charge on any atom is 0.294 e. The van der Waals surface area contributed by atoms with Gasteiger partial charge in [-0.2, -0.15) is 0 Å². The third kappa shape index (κ3) is 1.49. The Labute approximate surface area is 68.6 Å². The molecular weight excluding hydrogens is 166 g/mol. The number of nitrogens with zero attached hydrogens (tertiary/aromatic N) is 1. The Morgan fingerprint density at radius 2 is 2.18 bits per heavy atom. The summed E-state index contributed by atoms with van der Waals surface area (Å²) < 4.78 is 1.54. The summed E-state index contributed by atoms with van der Waals surface area (Å²) in [5.41, 5.74) is 0.310. The molecule has 0 radical (unpaired) electrons. The number of hydrogen-bond donors (Lipinski definition) is 0. The van der Waals surface area contributed by atoms with E-state index < -0.39 is 11.0 Å². The van der Waals surface area contributed by atoms with E-state index in [1.165, 1.54) is 0 Å². The fourth-order valence-corrected chi connectivity index (χ4v) is 0.895. The summed E-state index contributed by atoms with van der Waals surface area (Å²) in [7, 11) is 1.67. The molecule has 4 heteroatoms.